The van der Waals surface area contributed by atoms with E-state index in [2.05, 4.69) is 6.58 Å². The molecule has 0 fully saturated rings. The number of carbonyl (C=O) groups excluding carboxylic acids is 1. The van der Waals surface area contributed by atoms with Crippen molar-refractivity contribution in [3.8, 4) is 0 Å². The van der Waals surface area contributed by atoms with Crippen LogP contribution in [0.5, 0.6) is 0 Å². The molecule has 62 valence electrons. The average molecular weight is 176 g/mol. The molecule has 5 heteroatoms. The van der Waals surface area contributed by atoms with E-state index in [0.717, 1.165) is 0 Å². The van der Waals surface area contributed by atoms with E-state index in [1.807, 2.05) is 0 Å². The summed E-state index contributed by atoms with van der Waals surface area (Å²) in [5.74, 6) is 0.752. The minimum absolute atomic E-state index is 0.0255. The monoisotopic (exact) mass is 176 g/mol. The molecule has 0 radical (unpaired) electrons. The summed E-state index contributed by atoms with van der Waals surface area (Å²) in [6, 6.07) is 0. The molecule has 0 aromatic rings. The van der Waals surface area contributed by atoms with Crippen LogP contribution in [0.4, 0.5) is 0 Å². The second-order valence-electron chi connectivity index (χ2n) is 1.92. The lowest BCUT2D eigenvalue weighted by molar-refractivity contribution is 0.485. The fraction of sp³-hybridized carbons (Fsp3) is 0.333. The van der Waals surface area contributed by atoms with E-state index >= 15 is 0 Å². The highest BCUT2D eigenvalue weighted by molar-refractivity contribution is 7.86. The van der Waals surface area contributed by atoms with Gasteiger partial charge in [-0.1, -0.05) is 6.08 Å². The lowest BCUT2D eigenvalue weighted by Crippen LogP contribution is -2.06. The van der Waals surface area contributed by atoms with Gasteiger partial charge in [-0.3, -0.25) is 4.55 Å². The maximum Gasteiger partial charge on any atom is 0.269 e. The highest BCUT2D eigenvalue weighted by Gasteiger charge is 2.08. The summed E-state index contributed by atoms with van der Waals surface area (Å²) in [6.45, 7) is 3.30. The summed E-state index contributed by atoms with van der Waals surface area (Å²) < 4.78 is 28.7. The third kappa shape index (κ3) is 5.54. The molecule has 0 rings (SSSR count). The Morgan fingerprint density at radius 1 is 1.64 bits per heavy atom. The Morgan fingerprint density at radius 2 is 2.18 bits per heavy atom. The van der Waals surface area contributed by atoms with Gasteiger partial charge in [0, 0.05) is 5.57 Å². The van der Waals surface area contributed by atoms with Gasteiger partial charge < -0.3 is 0 Å². The zero-order chi connectivity index (χ0) is 8.91. The molecule has 11 heavy (non-hydrogen) atoms. The molecule has 0 saturated heterocycles. The van der Waals surface area contributed by atoms with Crippen LogP contribution < -0.4 is 0 Å². The first-order chi connectivity index (χ1) is 4.99. The first kappa shape index (κ1) is 10.1. The van der Waals surface area contributed by atoms with Crippen LogP contribution in [-0.2, 0) is 14.9 Å². The minimum Gasteiger partial charge on any atom is -0.285 e. The second-order valence-corrected chi connectivity index (χ2v) is 3.38. The van der Waals surface area contributed by atoms with Crippen LogP contribution in [0, 0.1) is 0 Å². The van der Waals surface area contributed by atoms with Gasteiger partial charge in [-0.2, -0.15) is 8.42 Å². The Bertz CT molecular complexity index is 282. The summed E-state index contributed by atoms with van der Waals surface area (Å²) in [5, 5.41) is 0. The molecule has 0 aliphatic carbocycles. The Balaban J connectivity index is 4.36. The zero-order valence-corrected chi connectivity index (χ0v) is 6.60. The van der Waals surface area contributed by atoms with Crippen molar-refractivity contribution >= 4 is 16.1 Å². The van der Waals surface area contributed by atoms with Crippen LogP contribution in [0.25, 0.3) is 0 Å². The molecule has 0 unspecified atom stereocenters. The maximum absolute atomic E-state index is 10.2. The quantitative estimate of drug-likeness (QED) is 0.377. The van der Waals surface area contributed by atoms with E-state index < -0.39 is 15.9 Å². The first-order valence-electron chi connectivity index (χ1n) is 2.78. The fourth-order valence-corrected chi connectivity index (χ4v) is 1.14. The molecule has 0 spiro atoms. The second kappa shape index (κ2) is 4.08. The van der Waals surface area contributed by atoms with Gasteiger partial charge >= 0.3 is 0 Å². The van der Waals surface area contributed by atoms with Crippen LogP contribution in [0.3, 0.4) is 0 Å². The van der Waals surface area contributed by atoms with Crippen LogP contribution in [0.15, 0.2) is 18.2 Å². The third-order valence-electron chi connectivity index (χ3n) is 0.892. The topological polar surface area (TPSA) is 71.4 Å². The Labute approximate surface area is 65.0 Å². The normalized spacial score (nSPS) is 10.3. The Hall–Kier alpha value is -0.900. The third-order valence-corrected chi connectivity index (χ3v) is 1.60. The average Bonchev–Trinajstić information content (AvgIpc) is 1.84. The van der Waals surface area contributed by atoms with E-state index in [0.29, 0.717) is 0 Å². The molecule has 0 amide bonds. The molecule has 0 atom stereocenters. The van der Waals surface area contributed by atoms with Gasteiger partial charge in [0.2, 0.25) is 0 Å². The van der Waals surface area contributed by atoms with Crippen LogP contribution >= 0.6 is 0 Å². The lowest BCUT2D eigenvalue weighted by atomic mass is 10.2. The highest BCUT2D eigenvalue weighted by Crippen LogP contribution is 2.00. The van der Waals surface area contributed by atoms with Gasteiger partial charge in [-0.25, -0.2) is 4.79 Å². The first-order valence-corrected chi connectivity index (χ1v) is 4.39. The van der Waals surface area contributed by atoms with Crippen LogP contribution in [0.2, 0.25) is 0 Å². The van der Waals surface area contributed by atoms with Crippen molar-refractivity contribution in [3.05, 3.63) is 18.2 Å². The Morgan fingerprint density at radius 3 is 2.45 bits per heavy atom. The van der Waals surface area contributed by atoms with Crippen molar-refractivity contribution in [2.24, 2.45) is 0 Å². The SMILES string of the molecule is C=CCC(=C=O)CS(=O)(=O)O. The van der Waals surface area contributed by atoms with Crippen molar-refractivity contribution in [2.45, 2.75) is 6.42 Å². The van der Waals surface area contributed by atoms with Gasteiger partial charge in [-0.15, -0.1) is 6.58 Å². The smallest absolute Gasteiger partial charge is 0.269 e. The van der Waals surface area contributed by atoms with Crippen molar-refractivity contribution in [1.29, 1.82) is 0 Å². The molecule has 0 bridgehead atoms. The summed E-state index contributed by atoms with van der Waals surface area (Å²) in [4.78, 5) is 9.99. The summed E-state index contributed by atoms with van der Waals surface area (Å²) >= 11 is 0. The summed E-state index contributed by atoms with van der Waals surface area (Å²) in [6.07, 6.45) is 1.49. The molecular formula is C6H8O4S. The zero-order valence-electron chi connectivity index (χ0n) is 5.78. The van der Waals surface area contributed by atoms with Crippen molar-refractivity contribution in [1.82, 2.24) is 0 Å². The molecule has 0 heterocycles. The number of hydrogen-bond donors (Lipinski definition) is 1. The molecule has 0 aromatic heterocycles. The molecule has 0 aliphatic rings. The van der Waals surface area contributed by atoms with Crippen molar-refractivity contribution in [2.75, 3.05) is 5.75 Å². The van der Waals surface area contributed by atoms with Gasteiger partial charge in [0.05, 0.1) is 0 Å². The van der Waals surface area contributed by atoms with Gasteiger partial charge in [0.15, 0.2) is 0 Å². The number of rotatable bonds is 4. The molecule has 4 nitrogen and oxygen atoms in total. The lowest BCUT2D eigenvalue weighted by Gasteiger charge is -1.94. The van der Waals surface area contributed by atoms with E-state index in [1.165, 1.54) is 12.0 Å². The molecule has 1 N–H and O–H groups in total. The molecule has 0 saturated carbocycles. The molecular weight excluding hydrogens is 168 g/mol. The largest absolute Gasteiger partial charge is 0.285 e. The maximum atomic E-state index is 10.2. The van der Waals surface area contributed by atoms with E-state index in [-0.39, 0.29) is 12.0 Å². The van der Waals surface area contributed by atoms with Crippen LogP contribution in [0.1, 0.15) is 6.42 Å². The summed E-state index contributed by atoms with van der Waals surface area (Å²) in [5.41, 5.74) is -0.0255. The van der Waals surface area contributed by atoms with Crippen LogP contribution in [-0.4, -0.2) is 24.7 Å². The van der Waals surface area contributed by atoms with Crippen molar-refractivity contribution < 1.29 is 17.8 Å². The molecule has 0 aliphatic heterocycles. The number of allylic oxidation sites excluding steroid dienone is 1. The van der Waals surface area contributed by atoms with E-state index in [4.69, 9.17) is 4.55 Å². The highest BCUT2D eigenvalue weighted by atomic mass is 32.2. The standard InChI is InChI=1S/C6H8O4S/c1-2-3-6(4-7)5-11(8,9)10/h2H,1,3,5H2,(H,8,9,10). The molecule has 0 aromatic carbocycles. The predicted octanol–water partition coefficient (Wildman–Crippen LogP) is 0.208. The van der Waals surface area contributed by atoms with E-state index in [1.54, 1.807) is 0 Å². The van der Waals surface area contributed by atoms with Gasteiger partial charge in [-0.05, 0) is 6.42 Å². The predicted molar refractivity (Wildman–Crippen MR) is 40.4 cm³/mol. The summed E-state index contributed by atoms with van der Waals surface area (Å²) in [7, 11) is -4.10. The van der Waals surface area contributed by atoms with E-state index in [9.17, 15) is 13.2 Å². The van der Waals surface area contributed by atoms with Gasteiger partial charge in [0.25, 0.3) is 10.1 Å². The fourth-order valence-electron chi connectivity index (χ4n) is 0.524. The Kier molecular flexibility index (Phi) is 3.74. The van der Waals surface area contributed by atoms with Crippen molar-refractivity contribution in [3.63, 3.8) is 0 Å². The van der Waals surface area contributed by atoms with Gasteiger partial charge in [0.1, 0.15) is 11.7 Å². The minimum atomic E-state index is -4.10. The number of hydrogen-bond acceptors (Lipinski definition) is 3.